The molecule has 0 spiro atoms. The molecule has 4 rings (SSSR count). The Hall–Kier alpha value is -3.24. The highest BCUT2D eigenvalue weighted by atomic mass is 16.5. The van der Waals surface area contributed by atoms with Gasteiger partial charge in [-0.15, -0.1) is 0 Å². The summed E-state index contributed by atoms with van der Waals surface area (Å²) in [6, 6.07) is 25.1. The topological polar surface area (TPSA) is 32.1 Å². The van der Waals surface area contributed by atoms with Crippen molar-refractivity contribution in [3.8, 4) is 17.2 Å². The molecule has 3 aromatic rings. The third-order valence-electron chi connectivity index (χ3n) is 5.69. The van der Waals surface area contributed by atoms with Gasteiger partial charge >= 0.3 is 0 Å². The van der Waals surface area contributed by atoms with Crippen molar-refractivity contribution in [3.05, 3.63) is 95.1 Å². The van der Waals surface area contributed by atoms with Gasteiger partial charge in [-0.05, 0) is 36.2 Å². The van der Waals surface area contributed by atoms with Crippen LogP contribution in [0.1, 0.15) is 22.6 Å². The molecule has 160 valence electrons. The van der Waals surface area contributed by atoms with Crippen LogP contribution in [0.25, 0.3) is 5.76 Å². The van der Waals surface area contributed by atoms with Crippen molar-refractivity contribution >= 4 is 5.76 Å². The molecule has 31 heavy (non-hydrogen) atoms. The van der Waals surface area contributed by atoms with E-state index in [0.29, 0.717) is 11.5 Å². The molecular weight excluding hydrogens is 386 g/mol. The van der Waals surface area contributed by atoms with Crippen molar-refractivity contribution in [1.29, 1.82) is 0 Å². The van der Waals surface area contributed by atoms with Crippen molar-refractivity contribution in [1.82, 2.24) is 0 Å². The first-order valence-corrected chi connectivity index (χ1v) is 10.7. The van der Waals surface area contributed by atoms with Crippen LogP contribution in [-0.4, -0.2) is 34.9 Å². The third kappa shape index (κ3) is 4.44. The number of rotatable bonds is 7. The molecule has 1 heterocycles. The van der Waals surface area contributed by atoms with Gasteiger partial charge in [0.25, 0.3) is 0 Å². The average molecular weight is 417 g/mol. The Morgan fingerprint density at radius 2 is 1.55 bits per heavy atom. The van der Waals surface area contributed by atoms with E-state index in [2.05, 4.69) is 68.7 Å². The number of nitrogens with one attached hydrogen (secondary N) is 1. The number of hydrogen-bond donors (Lipinski definition) is 1. The lowest BCUT2D eigenvalue weighted by Crippen LogP contribution is -3.06. The molecule has 0 radical (unpaired) electrons. The first-order valence-electron chi connectivity index (χ1n) is 10.7. The summed E-state index contributed by atoms with van der Waals surface area (Å²) in [5, 5.41) is 0. The zero-order valence-corrected chi connectivity index (χ0v) is 18.6. The van der Waals surface area contributed by atoms with Gasteiger partial charge in [-0.2, -0.15) is 0 Å². The Morgan fingerprint density at radius 3 is 2.26 bits per heavy atom. The van der Waals surface area contributed by atoms with Crippen LogP contribution in [0, 0.1) is 0 Å². The van der Waals surface area contributed by atoms with Gasteiger partial charge in [-0.1, -0.05) is 48.5 Å². The minimum absolute atomic E-state index is 0.241. The van der Waals surface area contributed by atoms with Gasteiger partial charge in [-0.3, -0.25) is 0 Å². The average Bonchev–Trinajstić information content (AvgIpc) is 2.80. The molecule has 3 aromatic carbocycles. The monoisotopic (exact) mass is 416 g/mol. The van der Waals surface area contributed by atoms with Gasteiger partial charge in [-0.25, -0.2) is 0 Å². The van der Waals surface area contributed by atoms with Crippen LogP contribution in [0.15, 0.2) is 78.4 Å². The van der Waals surface area contributed by atoms with Crippen molar-refractivity contribution in [2.75, 3.05) is 34.9 Å². The Balaban J connectivity index is 1.87. The van der Waals surface area contributed by atoms with Crippen LogP contribution in [0.4, 0.5) is 0 Å². The molecule has 0 aliphatic carbocycles. The van der Waals surface area contributed by atoms with Crippen LogP contribution < -0.4 is 19.1 Å². The number of quaternary nitrogens is 1. The quantitative estimate of drug-likeness (QED) is 0.632. The second kappa shape index (κ2) is 9.27. The van der Waals surface area contributed by atoms with Crippen LogP contribution >= 0.6 is 0 Å². The molecule has 1 aliphatic rings. The van der Waals surface area contributed by atoms with Gasteiger partial charge < -0.3 is 19.1 Å². The normalized spacial score (nSPS) is 15.5. The molecule has 0 saturated heterocycles. The zero-order valence-electron chi connectivity index (χ0n) is 18.6. The zero-order chi connectivity index (χ0) is 21.8. The second-order valence-corrected chi connectivity index (χ2v) is 8.19. The molecule has 1 atom stereocenters. The van der Waals surface area contributed by atoms with E-state index >= 15 is 0 Å². The molecule has 1 N–H and O–H groups in total. The van der Waals surface area contributed by atoms with E-state index in [4.69, 9.17) is 14.2 Å². The van der Waals surface area contributed by atoms with E-state index in [1.807, 2.05) is 18.2 Å². The predicted octanol–water partition coefficient (Wildman–Crippen LogP) is 3.98. The molecule has 0 fully saturated rings. The summed E-state index contributed by atoms with van der Waals surface area (Å²) in [5.41, 5.74) is 4.87. The number of methoxy groups -OCH3 is 2. The number of para-hydroxylation sites is 1. The van der Waals surface area contributed by atoms with Crippen molar-refractivity contribution in [3.63, 3.8) is 0 Å². The van der Waals surface area contributed by atoms with Crippen LogP contribution in [0.5, 0.6) is 17.2 Å². The first kappa shape index (κ1) is 21.0. The maximum Gasteiger partial charge on any atom is 0.161 e. The van der Waals surface area contributed by atoms with Crippen molar-refractivity contribution < 1.29 is 19.1 Å². The lowest BCUT2D eigenvalue weighted by Gasteiger charge is -2.31. The number of benzene rings is 3. The summed E-state index contributed by atoms with van der Waals surface area (Å²) in [5.74, 6) is 3.49. The third-order valence-corrected chi connectivity index (χ3v) is 5.69. The Morgan fingerprint density at radius 1 is 0.839 bits per heavy atom. The van der Waals surface area contributed by atoms with Crippen LogP contribution in [0.3, 0.4) is 0 Å². The van der Waals surface area contributed by atoms with Gasteiger partial charge in [0.05, 0.1) is 28.3 Å². The van der Waals surface area contributed by atoms with Gasteiger partial charge in [0.1, 0.15) is 18.1 Å². The number of ether oxygens (including phenoxy) is 3. The Labute approximate surface area is 184 Å². The lowest BCUT2D eigenvalue weighted by molar-refractivity contribution is -0.853. The summed E-state index contributed by atoms with van der Waals surface area (Å²) in [6.45, 7) is 0.884. The fraction of sp³-hybridized carbons (Fsp3) is 0.259. The van der Waals surface area contributed by atoms with Gasteiger partial charge in [0.15, 0.2) is 11.5 Å². The summed E-state index contributed by atoms with van der Waals surface area (Å²) in [6.07, 6.45) is 0.931. The highest BCUT2D eigenvalue weighted by Gasteiger charge is 2.32. The fourth-order valence-electron chi connectivity index (χ4n) is 4.27. The number of likely N-dealkylation sites (N-methyl/N-ethyl adjacent to an activating group) is 1. The minimum atomic E-state index is 0.241. The summed E-state index contributed by atoms with van der Waals surface area (Å²) < 4.78 is 17.6. The maximum absolute atomic E-state index is 6.54. The SMILES string of the molecule is COc1ccc(C2=C(C[NH+](C)C)C(Cc3ccccc3)c3ccccc3O2)cc1OC. The van der Waals surface area contributed by atoms with E-state index < -0.39 is 0 Å². The van der Waals surface area contributed by atoms with Crippen LogP contribution in [-0.2, 0) is 6.42 Å². The molecule has 1 aliphatic heterocycles. The summed E-state index contributed by atoms with van der Waals surface area (Å²) in [7, 11) is 7.68. The van der Waals surface area contributed by atoms with E-state index in [-0.39, 0.29) is 5.92 Å². The summed E-state index contributed by atoms with van der Waals surface area (Å²) in [4.78, 5) is 1.36. The van der Waals surface area contributed by atoms with Gasteiger partial charge in [0.2, 0.25) is 0 Å². The van der Waals surface area contributed by atoms with E-state index in [0.717, 1.165) is 30.0 Å². The molecule has 0 amide bonds. The second-order valence-electron chi connectivity index (χ2n) is 8.19. The molecular formula is C27H30NO3+. The van der Waals surface area contributed by atoms with Crippen molar-refractivity contribution in [2.45, 2.75) is 12.3 Å². The minimum Gasteiger partial charge on any atom is -0.493 e. The standard InChI is InChI=1S/C27H29NO3/c1-28(2)18-23-22(16-19-10-6-5-7-11-19)21-12-8-9-13-24(21)31-27(23)20-14-15-25(29-3)26(17-20)30-4/h5-15,17,22H,16,18H2,1-4H3/p+1. The van der Waals surface area contributed by atoms with Crippen molar-refractivity contribution in [2.24, 2.45) is 0 Å². The van der Waals surface area contributed by atoms with E-state index in [9.17, 15) is 0 Å². The Bertz CT molecular complexity index is 1070. The molecule has 4 nitrogen and oxygen atoms in total. The summed E-state index contributed by atoms with van der Waals surface area (Å²) >= 11 is 0. The highest BCUT2D eigenvalue weighted by Crippen LogP contribution is 2.44. The predicted molar refractivity (Wildman–Crippen MR) is 124 cm³/mol. The number of fused-ring (bicyclic) bond motifs is 1. The largest absolute Gasteiger partial charge is 0.493 e. The Kier molecular flexibility index (Phi) is 6.28. The highest BCUT2D eigenvalue weighted by molar-refractivity contribution is 5.72. The van der Waals surface area contributed by atoms with E-state index in [1.54, 1.807) is 14.2 Å². The number of hydrogen-bond acceptors (Lipinski definition) is 3. The molecule has 0 bridgehead atoms. The first-order chi connectivity index (χ1) is 15.1. The van der Waals surface area contributed by atoms with Crippen LogP contribution in [0.2, 0.25) is 0 Å². The fourth-order valence-corrected chi connectivity index (χ4v) is 4.27. The molecule has 0 saturated carbocycles. The smallest absolute Gasteiger partial charge is 0.161 e. The van der Waals surface area contributed by atoms with Gasteiger partial charge in [0, 0.05) is 22.6 Å². The molecule has 1 unspecified atom stereocenters. The van der Waals surface area contributed by atoms with E-state index in [1.165, 1.54) is 21.6 Å². The maximum atomic E-state index is 6.54. The molecule has 0 aromatic heterocycles. The lowest BCUT2D eigenvalue weighted by atomic mass is 9.81. The molecule has 4 heteroatoms.